The van der Waals surface area contributed by atoms with Gasteiger partial charge in [-0.25, -0.2) is 13.6 Å². The van der Waals surface area contributed by atoms with Crippen LogP contribution in [-0.4, -0.2) is 29.9 Å². The van der Waals surface area contributed by atoms with Crippen LogP contribution < -0.4 is 10.2 Å². The molecule has 1 heterocycles. The average Bonchev–Trinajstić information content (AvgIpc) is 2.75. The molecule has 4 rings (SSSR count). The standard InChI is InChI=1S/C25H23F2N3O2/c26-20-12-19(13-21(27)15-20)17-29-10-5-11-30(25(29)32)23-9-4-8-22(16-23)28-24(31)14-18-6-2-1-3-7-18/h1-4,6-9,12-13,15-16H,5,10-11,14,17H2,(H,28,31). The van der Waals surface area contributed by atoms with Crippen LogP contribution in [0.1, 0.15) is 17.5 Å². The van der Waals surface area contributed by atoms with Crippen LogP contribution in [0.4, 0.5) is 25.0 Å². The number of anilines is 2. The summed E-state index contributed by atoms with van der Waals surface area (Å²) in [6, 6.07) is 19.6. The zero-order chi connectivity index (χ0) is 22.5. The number of amides is 3. The summed E-state index contributed by atoms with van der Waals surface area (Å²) in [7, 11) is 0. The number of hydrogen-bond acceptors (Lipinski definition) is 2. The van der Waals surface area contributed by atoms with Crippen molar-refractivity contribution in [2.75, 3.05) is 23.3 Å². The third kappa shape index (κ3) is 5.29. The van der Waals surface area contributed by atoms with Crippen molar-refractivity contribution in [3.63, 3.8) is 0 Å². The van der Waals surface area contributed by atoms with E-state index in [1.54, 1.807) is 34.1 Å². The van der Waals surface area contributed by atoms with Crippen LogP contribution in [0.5, 0.6) is 0 Å². The zero-order valence-electron chi connectivity index (χ0n) is 17.4. The van der Waals surface area contributed by atoms with Crippen molar-refractivity contribution in [3.8, 4) is 0 Å². The lowest BCUT2D eigenvalue weighted by Crippen LogP contribution is -2.49. The predicted octanol–water partition coefficient (Wildman–Crippen LogP) is 4.98. The van der Waals surface area contributed by atoms with Crippen molar-refractivity contribution in [1.82, 2.24) is 4.90 Å². The molecule has 1 N–H and O–H groups in total. The Morgan fingerprint density at radius 2 is 1.62 bits per heavy atom. The summed E-state index contributed by atoms with van der Waals surface area (Å²) in [6.07, 6.45) is 0.972. The summed E-state index contributed by atoms with van der Waals surface area (Å²) >= 11 is 0. The van der Waals surface area contributed by atoms with E-state index >= 15 is 0 Å². The Morgan fingerprint density at radius 3 is 2.38 bits per heavy atom. The lowest BCUT2D eigenvalue weighted by atomic mass is 10.1. The fourth-order valence-corrected chi connectivity index (χ4v) is 3.83. The normalized spacial score (nSPS) is 13.9. The lowest BCUT2D eigenvalue weighted by molar-refractivity contribution is -0.115. The number of carbonyl (C=O) groups is 2. The highest BCUT2D eigenvalue weighted by Gasteiger charge is 2.27. The lowest BCUT2D eigenvalue weighted by Gasteiger charge is -2.36. The van der Waals surface area contributed by atoms with E-state index in [9.17, 15) is 18.4 Å². The Bertz CT molecular complexity index is 1100. The first kappa shape index (κ1) is 21.5. The molecule has 3 aromatic rings. The molecule has 3 aromatic carbocycles. The molecule has 5 nitrogen and oxygen atoms in total. The maximum absolute atomic E-state index is 13.5. The minimum absolute atomic E-state index is 0.123. The van der Waals surface area contributed by atoms with Crippen molar-refractivity contribution >= 4 is 23.3 Å². The third-order valence-electron chi connectivity index (χ3n) is 5.26. The van der Waals surface area contributed by atoms with E-state index < -0.39 is 11.6 Å². The topological polar surface area (TPSA) is 52.7 Å². The van der Waals surface area contributed by atoms with Gasteiger partial charge in [0.2, 0.25) is 5.91 Å². The minimum atomic E-state index is -0.666. The second-order valence-corrected chi connectivity index (χ2v) is 7.75. The first-order chi connectivity index (χ1) is 15.5. The Hall–Kier alpha value is -3.74. The number of halogens is 2. The van der Waals surface area contributed by atoms with Crippen LogP contribution >= 0.6 is 0 Å². The fraction of sp³-hybridized carbons (Fsp3) is 0.200. The smallest absolute Gasteiger partial charge is 0.324 e. The molecule has 0 saturated carbocycles. The van der Waals surface area contributed by atoms with Gasteiger partial charge in [0.15, 0.2) is 0 Å². The van der Waals surface area contributed by atoms with Gasteiger partial charge < -0.3 is 10.2 Å². The average molecular weight is 435 g/mol. The Balaban J connectivity index is 1.44. The Kier molecular flexibility index (Phi) is 6.44. The second-order valence-electron chi connectivity index (χ2n) is 7.75. The zero-order valence-corrected chi connectivity index (χ0v) is 17.4. The largest absolute Gasteiger partial charge is 0.326 e. The van der Waals surface area contributed by atoms with Crippen molar-refractivity contribution in [1.29, 1.82) is 0 Å². The van der Waals surface area contributed by atoms with Crippen molar-refractivity contribution in [2.45, 2.75) is 19.4 Å². The van der Waals surface area contributed by atoms with Gasteiger partial charge in [0.05, 0.1) is 6.42 Å². The molecule has 1 aliphatic heterocycles. The first-order valence-electron chi connectivity index (χ1n) is 10.4. The van der Waals surface area contributed by atoms with E-state index in [4.69, 9.17) is 0 Å². The molecule has 0 spiro atoms. The first-order valence-corrected chi connectivity index (χ1v) is 10.4. The molecule has 1 aliphatic rings. The number of urea groups is 1. The minimum Gasteiger partial charge on any atom is -0.326 e. The van der Waals surface area contributed by atoms with Crippen molar-refractivity contribution < 1.29 is 18.4 Å². The third-order valence-corrected chi connectivity index (χ3v) is 5.26. The highest BCUT2D eigenvalue weighted by molar-refractivity contribution is 5.95. The highest BCUT2D eigenvalue weighted by atomic mass is 19.1. The van der Waals surface area contributed by atoms with Crippen LogP contribution in [0, 0.1) is 11.6 Å². The number of hydrogen-bond donors (Lipinski definition) is 1. The van der Waals surface area contributed by atoms with Gasteiger partial charge in [-0.1, -0.05) is 36.4 Å². The summed E-state index contributed by atoms with van der Waals surface area (Å²) in [5.41, 5.74) is 2.57. The monoisotopic (exact) mass is 435 g/mol. The molecule has 1 fully saturated rings. The van der Waals surface area contributed by atoms with Crippen LogP contribution in [-0.2, 0) is 17.8 Å². The number of carbonyl (C=O) groups excluding carboxylic acids is 2. The summed E-state index contributed by atoms with van der Waals surface area (Å²) in [6.45, 7) is 1.15. The van der Waals surface area contributed by atoms with E-state index in [2.05, 4.69) is 5.32 Å². The highest BCUT2D eigenvalue weighted by Crippen LogP contribution is 2.25. The summed E-state index contributed by atoms with van der Waals surface area (Å²) in [5, 5.41) is 2.87. The molecule has 1 saturated heterocycles. The molecule has 0 radical (unpaired) electrons. The molecule has 3 amide bonds. The quantitative estimate of drug-likeness (QED) is 0.594. The molecule has 164 valence electrons. The van der Waals surface area contributed by atoms with Crippen molar-refractivity contribution in [3.05, 3.63) is 95.6 Å². The van der Waals surface area contributed by atoms with Gasteiger partial charge in [-0.05, 0) is 47.9 Å². The van der Waals surface area contributed by atoms with Gasteiger partial charge >= 0.3 is 6.03 Å². The van der Waals surface area contributed by atoms with Gasteiger partial charge in [-0.2, -0.15) is 0 Å². The number of nitrogens with one attached hydrogen (secondary N) is 1. The van der Waals surface area contributed by atoms with Crippen LogP contribution in [0.15, 0.2) is 72.8 Å². The van der Waals surface area contributed by atoms with Crippen LogP contribution in [0.25, 0.3) is 0 Å². The Labute approximate surface area is 185 Å². The van der Waals surface area contributed by atoms with E-state index in [-0.39, 0.29) is 24.9 Å². The predicted molar refractivity (Wildman–Crippen MR) is 119 cm³/mol. The van der Waals surface area contributed by atoms with Crippen LogP contribution in [0.2, 0.25) is 0 Å². The number of nitrogens with zero attached hydrogens (tertiary/aromatic N) is 2. The van der Waals surface area contributed by atoms with Gasteiger partial charge in [0.25, 0.3) is 0 Å². The second kappa shape index (κ2) is 9.60. The van der Waals surface area contributed by atoms with E-state index in [0.29, 0.717) is 36.4 Å². The van der Waals surface area contributed by atoms with E-state index in [0.717, 1.165) is 11.6 Å². The van der Waals surface area contributed by atoms with Gasteiger partial charge in [0.1, 0.15) is 11.6 Å². The molecule has 7 heteroatoms. The van der Waals surface area contributed by atoms with Crippen molar-refractivity contribution in [2.24, 2.45) is 0 Å². The fourth-order valence-electron chi connectivity index (χ4n) is 3.83. The molecule has 0 atom stereocenters. The van der Waals surface area contributed by atoms with Crippen LogP contribution in [0.3, 0.4) is 0 Å². The summed E-state index contributed by atoms with van der Waals surface area (Å²) < 4.78 is 27.0. The van der Waals surface area contributed by atoms with Gasteiger partial charge in [-0.15, -0.1) is 0 Å². The van der Waals surface area contributed by atoms with E-state index in [1.165, 1.54) is 12.1 Å². The molecule has 32 heavy (non-hydrogen) atoms. The maximum atomic E-state index is 13.5. The van der Waals surface area contributed by atoms with E-state index in [1.807, 2.05) is 30.3 Å². The summed E-state index contributed by atoms with van der Waals surface area (Å²) in [5.74, 6) is -1.48. The summed E-state index contributed by atoms with van der Waals surface area (Å²) in [4.78, 5) is 28.6. The SMILES string of the molecule is O=C(Cc1ccccc1)Nc1cccc(N2CCCN(Cc3cc(F)cc(F)c3)C2=O)c1. The molecule has 0 aliphatic carbocycles. The molecule has 0 unspecified atom stereocenters. The van der Waals surface area contributed by atoms with Gasteiger partial charge in [-0.3, -0.25) is 9.69 Å². The Morgan fingerprint density at radius 1 is 0.875 bits per heavy atom. The van der Waals surface area contributed by atoms with Gasteiger partial charge in [0, 0.05) is 37.1 Å². The molecule has 0 bridgehead atoms. The molecular formula is C25H23F2N3O2. The molecule has 0 aromatic heterocycles. The number of benzene rings is 3. The molecular weight excluding hydrogens is 412 g/mol. The maximum Gasteiger partial charge on any atom is 0.324 e. The number of rotatable bonds is 6.